The molecule has 0 bridgehead atoms. The number of hydrogen-bond donors (Lipinski definition) is 3. The topological polar surface area (TPSA) is 113 Å². The van der Waals surface area contributed by atoms with Gasteiger partial charge in [0, 0.05) is 12.4 Å². The highest BCUT2D eigenvalue weighted by Gasteiger charge is 2.19. The molecule has 0 radical (unpaired) electrons. The van der Waals surface area contributed by atoms with Crippen LogP contribution in [-0.4, -0.2) is 14.9 Å². The van der Waals surface area contributed by atoms with E-state index in [1.807, 2.05) is 4.98 Å². The van der Waals surface area contributed by atoms with Crippen molar-refractivity contribution in [1.29, 1.82) is 0 Å². The van der Waals surface area contributed by atoms with Gasteiger partial charge in [-0.15, -0.1) is 0 Å². The summed E-state index contributed by atoms with van der Waals surface area (Å²) in [6.45, 7) is 0. The Labute approximate surface area is 76.8 Å². The number of nitrogens with zero attached hydrogens (tertiary/aromatic N) is 2. The number of rotatable bonds is 1. The van der Waals surface area contributed by atoms with E-state index in [0.29, 0.717) is 0 Å². The summed E-state index contributed by atoms with van der Waals surface area (Å²) in [5.41, 5.74) is -0.420. The van der Waals surface area contributed by atoms with E-state index in [1.54, 1.807) is 0 Å². The van der Waals surface area contributed by atoms with Gasteiger partial charge >= 0.3 is 11.5 Å². The third-order valence-electron chi connectivity index (χ3n) is 1.61. The second kappa shape index (κ2) is 2.83. The third-order valence-corrected chi connectivity index (χ3v) is 1.61. The molecule has 1 aromatic rings. The van der Waals surface area contributed by atoms with Gasteiger partial charge in [-0.05, 0) is 9.91 Å². The molecule has 1 aliphatic rings. The van der Waals surface area contributed by atoms with Crippen LogP contribution in [0.3, 0.4) is 0 Å². The predicted octanol–water partition coefficient (Wildman–Crippen LogP) is -0.0133. The van der Waals surface area contributed by atoms with E-state index in [1.165, 1.54) is 12.4 Å². The van der Waals surface area contributed by atoms with Crippen LogP contribution in [0, 0.1) is 10.1 Å². The first-order valence-corrected chi connectivity index (χ1v) is 3.65. The van der Waals surface area contributed by atoms with Crippen molar-refractivity contribution < 1.29 is 4.92 Å². The first-order valence-electron chi connectivity index (χ1n) is 3.65. The van der Waals surface area contributed by atoms with Gasteiger partial charge in [0.25, 0.3) is 0 Å². The second-order valence-electron chi connectivity index (χ2n) is 2.49. The average molecular weight is 195 g/mol. The van der Waals surface area contributed by atoms with Crippen LogP contribution in [0.5, 0.6) is 0 Å². The molecule has 2 rings (SSSR count). The Bertz CT molecular complexity index is 477. The molecule has 3 N–H and O–H groups in total. The highest BCUT2D eigenvalue weighted by Crippen LogP contribution is 2.18. The fraction of sp³-hybridized carbons (Fsp3) is 0. The van der Waals surface area contributed by atoms with E-state index >= 15 is 0 Å². The maximum absolute atomic E-state index is 11.3. The van der Waals surface area contributed by atoms with E-state index in [0.717, 1.165) is 0 Å². The Morgan fingerprint density at radius 3 is 2.79 bits per heavy atom. The first-order chi connectivity index (χ1) is 6.68. The number of anilines is 2. The minimum absolute atomic E-state index is 0.142. The maximum atomic E-state index is 11.3. The molecule has 0 amide bonds. The lowest BCUT2D eigenvalue weighted by atomic mass is 10.4. The zero-order chi connectivity index (χ0) is 10.1. The van der Waals surface area contributed by atoms with Crippen molar-refractivity contribution in [2.24, 2.45) is 0 Å². The van der Waals surface area contributed by atoms with E-state index in [4.69, 9.17) is 0 Å². The van der Waals surface area contributed by atoms with E-state index in [9.17, 15) is 14.9 Å². The molecule has 0 fully saturated rings. The molecule has 0 atom stereocenters. The van der Waals surface area contributed by atoms with Gasteiger partial charge in [0.1, 0.15) is 0 Å². The SMILES string of the molecule is O=c1[nH]c([N+](=O)[O-])nc2c1NC=CN2. The van der Waals surface area contributed by atoms with Gasteiger partial charge in [-0.25, -0.2) is 9.78 Å². The van der Waals surface area contributed by atoms with Crippen LogP contribution >= 0.6 is 0 Å². The summed E-state index contributed by atoms with van der Waals surface area (Å²) in [6, 6.07) is 0. The van der Waals surface area contributed by atoms with Crippen LogP contribution in [0.1, 0.15) is 0 Å². The van der Waals surface area contributed by atoms with Crippen LogP contribution in [-0.2, 0) is 0 Å². The average Bonchev–Trinajstić information content (AvgIpc) is 2.17. The minimum Gasteiger partial charge on any atom is -0.390 e. The number of hydrogen-bond acceptors (Lipinski definition) is 6. The van der Waals surface area contributed by atoms with Gasteiger partial charge in [0.15, 0.2) is 5.69 Å². The molecule has 14 heavy (non-hydrogen) atoms. The summed E-state index contributed by atoms with van der Waals surface area (Å²) in [4.78, 5) is 26.5. The first kappa shape index (κ1) is 8.23. The standard InChI is InChI=1S/C6H5N5O3/c12-5-3-4(8-2-1-7-3)9-6(10-5)11(13)14/h1-2,7H,(H2,8,9,10,12). The van der Waals surface area contributed by atoms with Crippen LogP contribution in [0.4, 0.5) is 17.5 Å². The highest BCUT2D eigenvalue weighted by molar-refractivity contribution is 5.68. The molecule has 0 aliphatic carbocycles. The van der Waals surface area contributed by atoms with Crippen LogP contribution in [0.25, 0.3) is 0 Å². The van der Waals surface area contributed by atoms with Gasteiger partial charge in [0.2, 0.25) is 5.82 Å². The fourth-order valence-electron chi connectivity index (χ4n) is 1.03. The van der Waals surface area contributed by atoms with Gasteiger partial charge in [-0.2, -0.15) is 0 Å². The summed E-state index contributed by atoms with van der Waals surface area (Å²) in [5, 5.41) is 15.6. The molecule has 8 heteroatoms. The van der Waals surface area contributed by atoms with E-state index < -0.39 is 16.4 Å². The normalized spacial score (nSPS) is 12.6. The monoisotopic (exact) mass is 195 g/mol. The van der Waals surface area contributed by atoms with Crippen molar-refractivity contribution in [3.8, 4) is 0 Å². The number of H-pyrrole nitrogens is 1. The van der Waals surface area contributed by atoms with Gasteiger partial charge in [-0.1, -0.05) is 0 Å². The van der Waals surface area contributed by atoms with Crippen LogP contribution in [0.2, 0.25) is 0 Å². The summed E-state index contributed by atoms with van der Waals surface area (Å²) in [7, 11) is 0. The third kappa shape index (κ3) is 1.18. The quantitative estimate of drug-likeness (QED) is 0.429. The number of aromatic amines is 1. The Morgan fingerprint density at radius 2 is 2.07 bits per heavy atom. The predicted molar refractivity (Wildman–Crippen MR) is 47.9 cm³/mol. The van der Waals surface area contributed by atoms with E-state index in [2.05, 4.69) is 15.6 Å². The van der Waals surface area contributed by atoms with Gasteiger partial charge < -0.3 is 20.7 Å². The smallest absolute Gasteiger partial charge is 0.390 e. The molecule has 0 aromatic carbocycles. The number of fused-ring (bicyclic) bond motifs is 1. The number of nitrogens with one attached hydrogen (secondary N) is 3. The zero-order valence-electron chi connectivity index (χ0n) is 6.77. The Balaban J connectivity index is 2.61. The fourth-order valence-corrected chi connectivity index (χ4v) is 1.03. The Kier molecular flexibility index (Phi) is 1.67. The lowest BCUT2D eigenvalue weighted by Crippen LogP contribution is -2.19. The zero-order valence-corrected chi connectivity index (χ0v) is 6.77. The molecule has 8 nitrogen and oxygen atoms in total. The molecule has 72 valence electrons. The largest absolute Gasteiger partial charge is 0.437 e. The van der Waals surface area contributed by atoms with Crippen molar-refractivity contribution in [3.05, 3.63) is 32.9 Å². The van der Waals surface area contributed by atoms with Crippen molar-refractivity contribution in [2.45, 2.75) is 0 Å². The number of aromatic nitrogens is 2. The molecule has 0 unspecified atom stereocenters. The van der Waals surface area contributed by atoms with E-state index in [-0.39, 0.29) is 11.5 Å². The summed E-state index contributed by atoms with van der Waals surface area (Å²) < 4.78 is 0. The molecule has 1 aliphatic heterocycles. The van der Waals surface area contributed by atoms with Crippen LogP contribution < -0.4 is 16.2 Å². The Hall–Kier alpha value is -2.38. The highest BCUT2D eigenvalue weighted by atomic mass is 16.6. The Morgan fingerprint density at radius 1 is 1.36 bits per heavy atom. The van der Waals surface area contributed by atoms with Crippen LogP contribution in [0.15, 0.2) is 17.2 Å². The lowest BCUT2D eigenvalue weighted by molar-refractivity contribution is -0.394. The van der Waals surface area contributed by atoms with Crippen molar-refractivity contribution in [2.75, 3.05) is 10.6 Å². The molecular weight excluding hydrogens is 190 g/mol. The maximum Gasteiger partial charge on any atom is 0.437 e. The molecule has 2 heterocycles. The van der Waals surface area contributed by atoms with Gasteiger partial charge in [0.05, 0.1) is 0 Å². The molecule has 1 aromatic heterocycles. The summed E-state index contributed by atoms with van der Waals surface area (Å²) in [6.07, 6.45) is 2.98. The minimum atomic E-state index is -0.762. The summed E-state index contributed by atoms with van der Waals surface area (Å²) >= 11 is 0. The molecule has 0 saturated heterocycles. The van der Waals surface area contributed by atoms with Crippen molar-refractivity contribution in [3.63, 3.8) is 0 Å². The van der Waals surface area contributed by atoms with Crippen molar-refractivity contribution in [1.82, 2.24) is 9.97 Å². The van der Waals surface area contributed by atoms with Crippen molar-refractivity contribution >= 4 is 17.5 Å². The molecule has 0 spiro atoms. The lowest BCUT2D eigenvalue weighted by Gasteiger charge is -2.08. The van der Waals surface area contributed by atoms with Gasteiger partial charge in [-0.3, -0.25) is 0 Å². The number of nitro groups is 1. The second-order valence-corrected chi connectivity index (χ2v) is 2.49. The summed E-state index contributed by atoms with van der Waals surface area (Å²) in [5.74, 6) is -0.443. The molecular formula is C6H5N5O3. The molecule has 0 saturated carbocycles.